The minimum atomic E-state index is -0.875. The van der Waals surface area contributed by atoms with Crippen molar-refractivity contribution < 1.29 is 4.39 Å². The van der Waals surface area contributed by atoms with E-state index < -0.39 is 11.6 Å². The molecule has 1 aromatic rings. The summed E-state index contributed by atoms with van der Waals surface area (Å²) in [5, 5.41) is 0. The first-order valence-electron chi connectivity index (χ1n) is 4.85. The minimum Gasteiger partial charge on any atom is -0.281 e. The van der Waals surface area contributed by atoms with Gasteiger partial charge in [0.2, 0.25) is 0 Å². The number of aromatic nitrogens is 2. The van der Waals surface area contributed by atoms with Crippen molar-refractivity contribution in [1.29, 1.82) is 0 Å². The molecule has 0 aliphatic heterocycles. The topological polar surface area (TPSA) is 58.1 Å². The fraction of sp³-hybridized carbons (Fsp3) is 0.500. The number of rotatable bonds is 3. The van der Waals surface area contributed by atoms with Crippen LogP contribution in [0.25, 0.3) is 0 Å². The number of halogens is 1. The smallest absolute Gasteiger partial charge is 0.281 e. The maximum absolute atomic E-state index is 12.7. The number of hydrogen-bond donors (Lipinski definition) is 1. The summed E-state index contributed by atoms with van der Waals surface area (Å²) in [5.41, 5.74) is -0.0629. The molecule has 0 fully saturated rings. The first-order valence-corrected chi connectivity index (χ1v) is 4.85. The summed E-state index contributed by atoms with van der Waals surface area (Å²) in [6.45, 7) is 5.57. The summed E-state index contributed by atoms with van der Waals surface area (Å²) in [5.74, 6) is 0.286. The predicted molar refractivity (Wildman–Crippen MR) is 57.2 cm³/mol. The Balaban J connectivity index is 3.05. The predicted octanol–water partition coefficient (Wildman–Crippen LogP) is 1.97. The molecule has 1 atom stereocenters. The van der Waals surface area contributed by atoms with Crippen LogP contribution in [0.4, 0.5) is 10.1 Å². The quantitative estimate of drug-likeness (QED) is 0.613. The van der Waals surface area contributed by atoms with Crippen molar-refractivity contribution in [3.63, 3.8) is 0 Å². The molecule has 0 aliphatic rings. The highest BCUT2D eigenvalue weighted by Crippen LogP contribution is 2.09. The summed E-state index contributed by atoms with van der Waals surface area (Å²) < 4.78 is 12.7. The van der Waals surface area contributed by atoms with Crippen LogP contribution in [0.15, 0.2) is 9.79 Å². The summed E-state index contributed by atoms with van der Waals surface area (Å²) in [6.07, 6.45) is 1.74. The molecule has 0 bridgehead atoms. The van der Waals surface area contributed by atoms with Gasteiger partial charge >= 0.3 is 0 Å². The molecular weight excluding hydrogens is 197 g/mol. The van der Waals surface area contributed by atoms with Gasteiger partial charge in [-0.05, 0) is 19.3 Å². The van der Waals surface area contributed by atoms with E-state index in [1.165, 1.54) is 0 Å². The zero-order valence-corrected chi connectivity index (χ0v) is 9.04. The van der Waals surface area contributed by atoms with Gasteiger partial charge in [-0.15, -0.1) is 0 Å². The molecule has 4 nitrogen and oxygen atoms in total. The number of nitrogens with zero attached hydrogens (tertiary/aromatic N) is 2. The fourth-order valence-electron chi connectivity index (χ4n) is 1.00. The average molecular weight is 211 g/mol. The van der Waals surface area contributed by atoms with Crippen molar-refractivity contribution in [3.8, 4) is 0 Å². The van der Waals surface area contributed by atoms with E-state index in [2.05, 4.69) is 9.98 Å². The van der Waals surface area contributed by atoms with Crippen LogP contribution in [0.5, 0.6) is 0 Å². The number of nitrogens with one attached hydrogen (secondary N) is 1. The summed E-state index contributed by atoms with van der Waals surface area (Å²) in [4.78, 5) is 20.8. The lowest BCUT2D eigenvalue weighted by molar-refractivity contribution is 0.531. The van der Waals surface area contributed by atoms with Crippen LogP contribution in [-0.4, -0.2) is 16.2 Å². The van der Waals surface area contributed by atoms with Gasteiger partial charge in [-0.3, -0.25) is 14.8 Å². The van der Waals surface area contributed by atoms with Gasteiger partial charge in [0.15, 0.2) is 0 Å². The molecular formula is C10H14FN3O. The molecule has 15 heavy (non-hydrogen) atoms. The Hall–Kier alpha value is -1.52. The van der Waals surface area contributed by atoms with Gasteiger partial charge in [0, 0.05) is 6.21 Å². The first-order chi connectivity index (χ1) is 7.04. The molecule has 1 unspecified atom stereocenters. The summed E-state index contributed by atoms with van der Waals surface area (Å²) in [7, 11) is 0. The summed E-state index contributed by atoms with van der Waals surface area (Å²) in [6, 6.07) is 0. The van der Waals surface area contributed by atoms with E-state index >= 15 is 0 Å². The van der Waals surface area contributed by atoms with Gasteiger partial charge in [-0.1, -0.05) is 13.8 Å². The van der Waals surface area contributed by atoms with Gasteiger partial charge < -0.3 is 0 Å². The van der Waals surface area contributed by atoms with Crippen LogP contribution in [0.1, 0.15) is 26.0 Å². The number of aryl methyl sites for hydroxylation is 1. The normalized spacial score (nSPS) is 13.3. The second kappa shape index (κ2) is 4.82. The third kappa shape index (κ3) is 2.97. The van der Waals surface area contributed by atoms with Crippen molar-refractivity contribution in [2.45, 2.75) is 27.2 Å². The van der Waals surface area contributed by atoms with Crippen LogP contribution in [0, 0.1) is 18.9 Å². The van der Waals surface area contributed by atoms with Crippen molar-refractivity contribution in [3.05, 3.63) is 22.1 Å². The molecule has 0 radical (unpaired) electrons. The monoisotopic (exact) mass is 211 g/mol. The number of aromatic amines is 1. The molecule has 0 amide bonds. The molecule has 1 N–H and O–H groups in total. The second-order valence-corrected chi connectivity index (χ2v) is 3.45. The van der Waals surface area contributed by atoms with E-state index in [0.717, 1.165) is 6.42 Å². The third-order valence-electron chi connectivity index (χ3n) is 2.14. The lowest BCUT2D eigenvalue weighted by Crippen LogP contribution is -2.11. The Labute approximate surface area is 87.3 Å². The van der Waals surface area contributed by atoms with Gasteiger partial charge in [0.05, 0.1) is 5.69 Å². The molecule has 1 aromatic heterocycles. The summed E-state index contributed by atoms with van der Waals surface area (Å²) >= 11 is 0. The van der Waals surface area contributed by atoms with E-state index in [4.69, 9.17) is 0 Å². The van der Waals surface area contributed by atoms with Gasteiger partial charge in [0.25, 0.3) is 11.6 Å². The Morgan fingerprint density at radius 1 is 1.67 bits per heavy atom. The van der Waals surface area contributed by atoms with Gasteiger partial charge in [-0.2, -0.15) is 4.39 Å². The van der Waals surface area contributed by atoms with E-state index in [1.54, 1.807) is 13.1 Å². The van der Waals surface area contributed by atoms with Crippen LogP contribution >= 0.6 is 0 Å². The van der Waals surface area contributed by atoms with Crippen molar-refractivity contribution in [2.75, 3.05) is 0 Å². The van der Waals surface area contributed by atoms with E-state index in [-0.39, 0.29) is 11.6 Å². The SMILES string of the molecule is CCC(C)C=Nc1c(C)nc(F)[nH]c1=O. The highest BCUT2D eigenvalue weighted by atomic mass is 19.1. The zero-order chi connectivity index (χ0) is 11.4. The number of H-pyrrole nitrogens is 1. The molecule has 0 spiro atoms. The second-order valence-electron chi connectivity index (χ2n) is 3.45. The lowest BCUT2D eigenvalue weighted by atomic mass is 10.1. The van der Waals surface area contributed by atoms with E-state index in [9.17, 15) is 9.18 Å². The molecule has 0 saturated heterocycles. The maximum Gasteiger partial charge on any atom is 0.289 e. The molecule has 1 rings (SSSR count). The maximum atomic E-state index is 12.7. The molecule has 0 aromatic carbocycles. The van der Waals surface area contributed by atoms with Crippen LogP contribution in [0.3, 0.4) is 0 Å². The van der Waals surface area contributed by atoms with E-state index in [1.807, 2.05) is 18.8 Å². The largest absolute Gasteiger partial charge is 0.289 e. The molecule has 5 heteroatoms. The van der Waals surface area contributed by atoms with Crippen LogP contribution < -0.4 is 5.56 Å². The Morgan fingerprint density at radius 3 is 2.87 bits per heavy atom. The molecule has 0 saturated carbocycles. The van der Waals surface area contributed by atoms with Crippen molar-refractivity contribution >= 4 is 11.9 Å². The van der Waals surface area contributed by atoms with Crippen molar-refractivity contribution in [1.82, 2.24) is 9.97 Å². The zero-order valence-electron chi connectivity index (χ0n) is 9.04. The van der Waals surface area contributed by atoms with Crippen LogP contribution in [0.2, 0.25) is 0 Å². The minimum absolute atomic E-state index is 0.178. The standard InChI is InChI=1S/C10H14FN3O/c1-4-6(2)5-12-8-7(3)13-10(11)14-9(8)15/h5-6H,4H2,1-3H3,(H,13,14,15). The third-order valence-corrected chi connectivity index (χ3v) is 2.14. The number of hydrogen-bond acceptors (Lipinski definition) is 3. The highest BCUT2D eigenvalue weighted by molar-refractivity contribution is 5.65. The Kier molecular flexibility index (Phi) is 3.71. The number of aliphatic imine (C=N–C) groups is 1. The Morgan fingerprint density at radius 2 is 2.33 bits per heavy atom. The Bertz CT molecular complexity index is 425. The highest BCUT2D eigenvalue weighted by Gasteiger charge is 2.06. The molecule has 1 heterocycles. The molecule has 82 valence electrons. The van der Waals surface area contributed by atoms with E-state index in [0.29, 0.717) is 5.69 Å². The molecule has 0 aliphatic carbocycles. The van der Waals surface area contributed by atoms with Gasteiger partial charge in [-0.25, -0.2) is 4.98 Å². The van der Waals surface area contributed by atoms with Crippen molar-refractivity contribution in [2.24, 2.45) is 10.9 Å². The lowest BCUT2D eigenvalue weighted by Gasteiger charge is -2.00. The van der Waals surface area contributed by atoms with Crippen LogP contribution in [-0.2, 0) is 0 Å². The first kappa shape index (κ1) is 11.6. The van der Waals surface area contributed by atoms with Gasteiger partial charge in [0.1, 0.15) is 5.69 Å². The fourth-order valence-corrected chi connectivity index (χ4v) is 1.00. The average Bonchev–Trinajstić information content (AvgIpc) is 2.15.